The summed E-state index contributed by atoms with van der Waals surface area (Å²) in [7, 11) is 1.77. The lowest BCUT2D eigenvalue weighted by Crippen LogP contribution is -2.40. The molecule has 4 N–H and O–H groups in total. The van der Waals surface area contributed by atoms with E-state index in [1.165, 1.54) is 0 Å². The van der Waals surface area contributed by atoms with Crippen molar-refractivity contribution < 1.29 is 4.79 Å². The van der Waals surface area contributed by atoms with E-state index in [1.807, 2.05) is 13.8 Å². The Kier molecular flexibility index (Phi) is 10.0. The topological polar surface area (TPSA) is 91.0 Å². The van der Waals surface area contributed by atoms with Gasteiger partial charge in [-0.1, -0.05) is 18.8 Å². The summed E-state index contributed by atoms with van der Waals surface area (Å²) < 4.78 is 0. The second kappa shape index (κ2) is 12.1. The Hall–Kier alpha value is -2.33. The van der Waals surface area contributed by atoms with Gasteiger partial charge in [0, 0.05) is 26.1 Å². The highest BCUT2D eigenvalue weighted by molar-refractivity contribution is 5.81. The van der Waals surface area contributed by atoms with E-state index in [1.54, 1.807) is 13.2 Å². The van der Waals surface area contributed by atoms with Gasteiger partial charge in [-0.2, -0.15) is 4.98 Å². The van der Waals surface area contributed by atoms with Gasteiger partial charge in [-0.3, -0.25) is 4.79 Å². The molecule has 1 aromatic rings. The predicted octanol–water partition coefficient (Wildman–Crippen LogP) is 1.59. The summed E-state index contributed by atoms with van der Waals surface area (Å²) in [6.07, 6.45) is 4.27. The molecule has 1 rings (SSSR count). The lowest BCUT2D eigenvalue weighted by molar-refractivity contribution is -0.122. The van der Waals surface area contributed by atoms with Gasteiger partial charge >= 0.3 is 0 Å². The van der Waals surface area contributed by atoms with Crippen LogP contribution in [-0.4, -0.2) is 48.6 Å². The van der Waals surface area contributed by atoms with Crippen LogP contribution in [0.2, 0.25) is 0 Å². The second-order valence-electron chi connectivity index (χ2n) is 5.62. The zero-order chi connectivity index (χ0) is 18.5. The SMILES string of the molecule is CCCNc1nc(NCC)ncc1C#CCCCNC(=O)[C@H](C)NC. The number of nitrogens with zero attached hydrogens (tertiary/aromatic N) is 2. The van der Waals surface area contributed by atoms with Crippen molar-refractivity contribution in [3.05, 3.63) is 11.8 Å². The summed E-state index contributed by atoms with van der Waals surface area (Å²) in [5.74, 6) is 7.63. The van der Waals surface area contributed by atoms with Gasteiger partial charge in [0.1, 0.15) is 5.82 Å². The first-order valence-corrected chi connectivity index (χ1v) is 8.90. The molecule has 0 aliphatic heterocycles. The molecule has 7 nitrogen and oxygen atoms in total. The van der Waals surface area contributed by atoms with Crippen LogP contribution in [0.25, 0.3) is 0 Å². The van der Waals surface area contributed by atoms with Crippen molar-refractivity contribution >= 4 is 17.7 Å². The molecule has 0 aliphatic carbocycles. The number of unbranched alkanes of at least 4 members (excludes halogenated alkanes) is 1. The molecular formula is C18H30N6O. The summed E-state index contributed by atoms with van der Waals surface area (Å²) in [5.41, 5.74) is 0.794. The van der Waals surface area contributed by atoms with Gasteiger partial charge in [0.05, 0.1) is 17.8 Å². The van der Waals surface area contributed by atoms with Crippen LogP contribution in [0.1, 0.15) is 45.6 Å². The Morgan fingerprint density at radius 3 is 2.76 bits per heavy atom. The lowest BCUT2D eigenvalue weighted by Gasteiger charge is -2.10. The van der Waals surface area contributed by atoms with E-state index in [0.29, 0.717) is 18.9 Å². The first kappa shape index (κ1) is 20.7. The standard InChI is InChI=1S/C18H30N6O/c1-5-11-21-16-15(13-23-18(24-16)20-6-2)10-8-7-9-12-22-17(25)14(3)19-4/h13-14,19H,5-7,9,11-12H2,1-4H3,(H,22,25)(H2,20,21,23,24)/t14-/m0/s1. The number of amides is 1. The molecule has 0 bridgehead atoms. The summed E-state index contributed by atoms with van der Waals surface area (Å²) in [4.78, 5) is 20.4. The Morgan fingerprint density at radius 2 is 2.08 bits per heavy atom. The Bertz CT molecular complexity index is 593. The molecule has 0 saturated carbocycles. The highest BCUT2D eigenvalue weighted by Crippen LogP contribution is 2.13. The molecule has 1 atom stereocenters. The molecule has 0 aromatic carbocycles. The highest BCUT2D eigenvalue weighted by atomic mass is 16.2. The number of hydrogen-bond acceptors (Lipinski definition) is 6. The number of likely N-dealkylation sites (N-methyl/N-ethyl adjacent to an activating group) is 1. The minimum atomic E-state index is -0.175. The zero-order valence-electron chi connectivity index (χ0n) is 15.7. The van der Waals surface area contributed by atoms with Gasteiger partial charge in [-0.05, 0) is 33.7 Å². The summed E-state index contributed by atoms with van der Waals surface area (Å²) >= 11 is 0. The molecular weight excluding hydrogens is 316 g/mol. The number of nitrogens with one attached hydrogen (secondary N) is 4. The number of hydrogen-bond donors (Lipinski definition) is 4. The average molecular weight is 346 g/mol. The summed E-state index contributed by atoms with van der Waals surface area (Å²) in [5, 5.41) is 12.2. The molecule has 0 fully saturated rings. The van der Waals surface area contributed by atoms with E-state index in [2.05, 4.69) is 50.0 Å². The first-order valence-electron chi connectivity index (χ1n) is 8.90. The fourth-order valence-electron chi connectivity index (χ4n) is 1.93. The third-order valence-electron chi connectivity index (χ3n) is 3.49. The van der Waals surface area contributed by atoms with Gasteiger partial charge < -0.3 is 21.3 Å². The van der Waals surface area contributed by atoms with Crippen molar-refractivity contribution in [2.75, 3.05) is 37.3 Å². The van der Waals surface area contributed by atoms with Crippen molar-refractivity contribution in [2.24, 2.45) is 0 Å². The molecule has 138 valence electrons. The number of carbonyl (C=O) groups excluding carboxylic acids is 1. The number of carbonyl (C=O) groups is 1. The Balaban J connectivity index is 2.55. The smallest absolute Gasteiger partial charge is 0.236 e. The Labute approximate surface area is 150 Å². The van der Waals surface area contributed by atoms with Crippen molar-refractivity contribution in [3.63, 3.8) is 0 Å². The molecule has 1 amide bonds. The summed E-state index contributed by atoms with van der Waals surface area (Å²) in [6.45, 7) is 8.18. The maximum atomic E-state index is 11.6. The Morgan fingerprint density at radius 1 is 1.28 bits per heavy atom. The monoisotopic (exact) mass is 346 g/mol. The normalized spacial score (nSPS) is 11.2. The van der Waals surface area contributed by atoms with Crippen LogP contribution >= 0.6 is 0 Å². The minimum Gasteiger partial charge on any atom is -0.369 e. The fourth-order valence-corrected chi connectivity index (χ4v) is 1.93. The molecule has 1 aromatic heterocycles. The quantitative estimate of drug-likeness (QED) is 0.380. The largest absolute Gasteiger partial charge is 0.369 e. The molecule has 1 heterocycles. The van der Waals surface area contributed by atoms with Gasteiger partial charge in [-0.15, -0.1) is 0 Å². The zero-order valence-corrected chi connectivity index (χ0v) is 15.7. The van der Waals surface area contributed by atoms with Crippen LogP contribution in [0.15, 0.2) is 6.20 Å². The third kappa shape index (κ3) is 7.86. The molecule has 0 spiro atoms. The van der Waals surface area contributed by atoms with Gasteiger partial charge in [0.25, 0.3) is 0 Å². The molecule has 25 heavy (non-hydrogen) atoms. The van der Waals surface area contributed by atoms with Crippen molar-refractivity contribution in [2.45, 2.75) is 46.1 Å². The van der Waals surface area contributed by atoms with E-state index in [4.69, 9.17) is 0 Å². The van der Waals surface area contributed by atoms with E-state index in [0.717, 1.165) is 37.3 Å². The number of anilines is 2. The number of rotatable bonds is 10. The van der Waals surface area contributed by atoms with Crippen molar-refractivity contribution in [3.8, 4) is 11.8 Å². The van der Waals surface area contributed by atoms with E-state index in [-0.39, 0.29) is 11.9 Å². The second-order valence-corrected chi connectivity index (χ2v) is 5.62. The van der Waals surface area contributed by atoms with Crippen LogP contribution in [0.4, 0.5) is 11.8 Å². The maximum absolute atomic E-state index is 11.6. The van der Waals surface area contributed by atoms with Crippen molar-refractivity contribution in [1.82, 2.24) is 20.6 Å². The molecule has 0 aliphatic rings. The molecule has 7 heteroatoms. The predicted molar refractivity (Wildman–Crippen MR) is 103 cm³/mol. The lowest BCUT2D eigenvalue weighted by atomic mass is 10.2. The van der Waals surface area contributed by atoms with Crippen molar-refractivity contribution in [1.29, 1.82) is 0 Å². The van der Waals surface area contributed by atoms with Crippen LogP contribution in [0.5, 0.6) is 0 Å². The molecule has 0 unspecified atom stereocenters. The number of aromatic nitrogens is 2. The van der Waals surface area contributed by atoms with Gasteiger partial charge in [0.15, 0.2) is 0 Å². The van der Waals surface area contributed by atoms with Crippen LogP contribution in [0.3, 0.4) is 0 Å². The minimum absolute atomic E-state index is 0.00826. The maximum Gasteiger partial charge on any atom is 0.236 e. The first-order chi connectivity index (χ1) is 12.1. The fraction of sp³-hybridized carbons (Fsp3) is 0.611. The molecule has 0 radical (unpaired) electrons. The van der Waals surface area contributed by atoms with Gasteiger partial charge in [-0.25, -0.2) is 4.98 Å². The van der Waals surface area contributed by atoms with Crippen LogP contribution in [-0.2, 0) is 4.79 Å². The van der Waals surface area contributed by atoms with E-state index in [9.17, 15) is 4.79 Å². The van der Waals surface area contributed by atoms with Gasteiger partial charge in [0.2, 0.25) is 11.9 Å². The molecule has 0 saturated heterocycles. The van der Waals surface area contributed by atoms with Crippen LogP contribution < -0.4 is 21.3 Å². The van der Waals surface area contributed by atoms with Crippen LogP contribution in [0, 0.1) is 11.8 Å². The average Bonchev–Trinajstić information content (AvgIpc) is 2.63. The summed E-state index contributed by atoms with van der Waals surface area (Å²) in [6, 6.07) is -0.175. The van der Waals surface area contributed by atoms with E-state index >= 15 is 0 Å². The third-order valence-corrected chi connectivity index (χ3v) is 3.49. The highest BCUT2D eigenvalue weighted by Gasteiger charge is 2.08. The van der Waals surface area contributed by atoms with E-state index < -0.39 is 0 Å².